The smallest absolute Gasteiger partial charge is 0.224 e. The van der Waals surface area contributed by atoms with E-state index in [0.29, 0.717) is 12.3 Å². The molecule has 0 aliphatic heterocycles. The van der Waals surface area contributed by atoms with Crippen molar-refractivity contribution in [3.8, 4) is 0 Å². The van der Waals surface area contributed by atoms with Gasteiger partial charge >= 0.3 is 0 Å². The van der Waals surface area contributed by atoms with Gasteiger partial charge in [0.2, 0.25) is 5.91 Å². The van der Waals surface area contributed by atoms with Crippen LogP contribution in [0.25, 0.3) is 0 Å². The van der Waals surface area contributed by atoms with E-state index in [1.165, 1.54) is 5.56 Å². The van der Waals surface area contributed by atoms with Gasteiger partial charge in [-0.25, -0.2) is 0 Å². The quantitative estimate of drug-likeness (QED) is 0.814. The largest absolute Gasteiger partial charge is 0.325 e. The monoisotopic (exact) mass is 325 g/mol. The van der Waals surface area contributed by atoms with Gasteiger partial charge in [-0.3, -0.25) is 4.79 Å². The maximum atomic E-state index is 12.0. The van der Waals surface area contributed by atoms with E-state index in [-0.39, 0.29) is 11.3 Å². The van der Waals surface area contributed by atoms with Gasteiger partial charge in [-0.2, -0.15) is 0 Å². The molecule has 0 radical (unpaired) electrons. The van der Waals surface area contributed by atoms with Crippen LogP contribution in [-0.4, -0.2) is 5.91 Å². The summed E-state index contributed by atoms with van der Waals surface area (Å²) >= 11 is 3.48. The Hall–Kier alpha value is -0.830. The Morgan fingerprint density at radius 3 is 2.53 bits per heavy atom. The average molecular weight is 326 g/mol. The number of amides is 1. The molecule has 1 aromatic rings. The summed E-state index contributed by atoms with van der Waals surface area (Å²) in [6.45, 7) is 10.8. The Morgan fingerprint density at radius 2 is 2.00 bits per heavy atom. The molecule has 0 fully saturated rings. The van der Waals surface area contributed by atoms with Crippen molar-refractivity contribution in [2.24, 2.45) is 11.3 Å². The van der Waals surface area contributed by atoms with Crippen LogP contribution in [0.5, 0.6) is 0 Å². The molecule has 1 rings (SSSR count). The van der Waals surface area contributed by atoms with Crippen LogP contribution in [-0.2, 0) is 4.79 Å². The molecule has 0 aliphatic carbocycles. The molecule has 1 atom stereocenters. The zero-order valence-electron chi connectivity index (χ0n) is 12.5. The number of hydrogen-bond donors (Lipinski definition) is 1. The molecule has 0 aromatic heterocycles. The molecule has 3 heteroatoms. The van der Waals surface area contributed by atoms with Gasteiger partial charge in [0.05, 0.1) is 5.69 Å². The Bertz CT molecular complexity index is 449. The summed E-state index contributed by atoms with van der Waals surface area (Å²) in [5.74, 6) is 0.477. The maximum absolute atomic E-state index is 12.0. The van der Waals surface area contributed by atoms with Crippen LogP contribution in [0.4, 0.5) is 5.69 Å². The second kappa shape index (κ2) is 6.56. The van der Waals surface area contributed by atoms with Crippen LogP contribution in [0.15, 0.2) is 22.7 Å². The first-order valence-electron chi connectivity index (χ1n) is 6.73. The molecule has 1 unspecified atom stereocenters. The molecule has 1 aromatic carbocycles. The molecule has 0 heterocycles. The van der Waals surface area contributed by atoms with E-state index in [1.807, 2.05) is 25.1 Å². The third kappa shape index (κ3) is 6.24. The number of halogens is 1. The average Bonchev–Trinajstić information content (AvgIpc) is 2.19. The van der Waals surface area contributed by atoms with Gasteiger partial charge < -0.3 is 5.32 Å². The van der Waals surface area contributed by atoms with Gasteiger partial charge in [0.1, 0.15) is 0 Å². The Kier molecular flexibility index (Phi) is 5.60. The summed E-state index contributed by atoms with van der Waals surface area (Å²) in [6.07, 6.45) is 1.62. The lowest BCUT2D eigenvalue weighted by Crippen LogP contribution is -2.19. The van der Waals surface area contributed by atoms with Crippen LogP contribution >= 0.6 is 15.9 Å². The molecule has 0 spiro atoms. The summed E-state index contributed by atoms with van der Waals surface area (Å²) in [7, 11) is 0. The number of hydrogen-bond acceptors (Lipinski definition) is 1. The SMILES string of the molecule is Cc1ccc(NC(=O)CC(C)CC(C)(C)C)c(Br)c1. The Morgan fingerprint density at radius 1 is 1.37 bits per heavy atom. The molecule has 106 valence electrons. The van der Waals surface area contributed by atoms with Crippen LogP contribution in [0.1, 0.15) is 46.1 Å². The van der Waals surface area contributed by atoms with Gasteiger partial charge in [-0.05, 0) is 58.3 Å². The van der Waals surface area contributed by atoms with Crippen LogP contribution < -0.4 is 5.32 Å². The van der Waals surface area contributed by atoms with E-state index >= 15 is 0 Å². The fourth-order valence-electron chi connectivity index (χ4n) is 2.36. The normalized spacial score (nSPS) is 13.2. The molecule has 2 nitrogen and oxygen atoms in total. The van der Waals surface area contributed by atoms with Crippen LogP contribution in [0, 0.1) is 18.3 Å². The van der Waals surface area contributed by atoms with E-state index in [1.54, 1.807) is 0 Å². The molecular formula is C16H24BrNO. The van der Waals surface area contributed by atoms with Crippen LogP contribution in [0.3, 0.4) is 0 Å². The minimum atomic E-state index is 0.0845. The van der Waals surface area contributed by atoms with Crippen LogP contribution in [0.2, 0.25) is 0 Å². The maximum Gasteiger partial charge on any atom is 0.224 e. The minimum Gasteiger partial charge on any atom is -0.325 e. The summed E-state index contributed by atoms with van der Waals surface area (Å²) in [5, 5.41) is 2.97. The number of rotatable bonds is 4. The Balaban J connectivity index is 2.56. The second-order valence-corrected chi connectivity index (χ2v) is 7.46. The highest BCUT2D eigenvalue weighted by Gasteiger charge is 2.18. The number of carbonyl (C=O) groups is 1. The third-order valence-corrected chi connectivity index (χ3v) is 3.55. The lowest BCUT2D eigenvalue weighted by molar-refractivity contribution is -0.117. The summed E-state index contributed by atoms with van der Waals surface area (Å²) in [5.41, 5.74) is 2.29. The van der Waals surface area contributed by atoms with E-state index < -0.39 is 0 Å². The number of aryl methyl sites for hydroxylation is 1. The topological polar surface area (TPSA) is 29.1 Å². The highest BCUT2D eigenvalue weighted by Crippen LogP contribution is 2.27. The van der Waals surface area contributed by atoms with Crippen molar-refractivity contribution in [1.82, 2.24) is 0 Å². The number of anilines is 1. The van der Waals surface area contributed by atoms with Crippen molar-refractivity contribution in [1.29, 1.82) is 0 Å². The minimum absolute atomic E-state index is 0.0845. The lowest BCUT2D eigenvalue weighted by atomic mass is 9.84. The summed E-state index contributed by atoms with van der Waals surface area (Å²) in [4.78, 5) is 12.0. The second-order valence-electron chi connectivity index (χ2n) is 6.61. The molecule has 0 aliphatic rings. The summed E-state index contributed by atoms with van der Waals surface area (Å²) < 4.78 is 0.935. The standard InChI is InChI=1S/C16H24BrNO/c1-11-6-7-14(13(17)8-11)18-15(19)9-12(2)10-16(3,4)5/h6-8,12H,9-10H2,1-5H3,(H,18,19). The lowest BCUT2D eigenvalue weighted by Gasteiger charge is -2.22. The zero-order chi connectivity index (χ0) is 14.6. The fraction of sp³-hybridized carbons (Fsp3) is 0.562. The third-order valence-electron chi connectivity index (χ3n) is 2.89. The molecular weight excluding hydrogens is 302 g/mol. The van der Waals surface area contributed by atoms with Crippen molar-refractivity contribution in [2.45, 2.75) is 47.5 Å². The highest BCUT2D eigenvalue weighted by molar-refractivity contribution is 9.10. The first kappa shape index (κ1) is 16.2. The van der Waals surface area contributed by atoms with Gasteiger partial charge in [-0.15, -0.1) is 0 Å². The molecule has 1 amide bonds. The molecule has 0 saturated carbocycles. The Labute approximate surface area is 125 Å². The highest BCUT2D eigenvalue weighted by atomic mass is 79.9. The summed E-state index contributed by atoms with van der Waals surface area (Å²) in [6, 6.07) is 5.94. The van der Waals surface area contributed by atoms with Crippen molar-refractivity contribution in [3.05, 3.63) is 28.2 Å². The first-order chi connectivity index (χ1) is 8.67. The van der Waals surface area contributed by atoms with Crippen molar-refractivity contribution in [3.63, 3.8) is 0 Å². The first-order valence-corrected chi connectivity index (χ1v) is 7.53. The van der Waals surface area contributed by atoms with E-state index in [0.717, 1.165) is 16.6 Å². The van der Waals surface area contributed by atoms with Crippen molar-refractivity contribution < 1.29 is 4.79 Å². The number of benzene rings is 1. The van der Waals surface area contributed by atoms with Crippen molar-refractivity contribution >= 4 is 27.5 Å². The molecule has 0 saturated heterocycles. The van der Waals surface area contributed by atoms with Crippen molar-refractivity contribution in [2.75, 3.05) is 5.32 Å². The number of carbonyl (C=O) groups excluding carboxylic acids is 1. The predicted octanol–water partition coefficient (Wildman–Crippen LogP) is 5.16. The van der Waals surface area contributed by atoms with Gasteiger partial charge in [0, 0.05) is 10.9 Å². The van der Waals surface area contributed by atoms with E-state index in [9.17, 15) is 4.79 Å². The van der Waals surface area contributed by atoms with Gasteiger partial charge in [0.15, 0.2) is 0 Å². The van der Waals surface area contributed by atoms with Gasteiger partial charge in [0.25, 0.3) is 0 Å². The molecule has 1 N–H and O–H groups in total. The fourth-order valence-corrected chi connectivity index (χ4v) is 2.95. The predicted molar refractivity (Wildman–Crippen MR) is 85.4 cm³/mol. The van der Waals surface area contributed by atoms with E-state index in [4.69, 9.17) is 0 Å². The van der Waals surface area contributed by atoms with Gasteiger partial charge in [-0.1, -0.05) is 33.8 Å². The molecule has 19 heavy (non-hydrogen) atoms. The molecule has 0 bridgehead atoms. The zero-order valence-corrected chi connectivity index (χ0v) is 14.1. The van der Waals surface area contributed by atoms with E-state index in [2.05, 4.69) is 48.9 Å². The number of nitrogens with one attached hydrogen (secondary N) is 1.